The maximum atomic E-state index is 6.37. The Bertz CT molecular complexity index is 721. The van der Waals surface area contributed by atoms with E-state index in [-0.39, 0.29) is 5.60 Å². The van der Waals surface area contributed by atoms with Gasteiger partial charge in [0.1, 0.15) is 0 Å². The van der Waals surface area contributed by atoms with Crippen molar-refractivity contribution in [3.63, 3.8) is 0 Å². The first-order valence-electron chi connectivity index (χ1n) is 18.0. The van der Waals surface area contributed by atoms with Crippen LogP contribution in [0, 0.1) is 0 Å². The predicted octanol–water partition coefficient (Wildman–Crippen LogP) is 13.7. The fourth-order valence-corrected chi connectivity index (χ4v) is 5.42. The molecule has 0 saturated carbocycles. The predicted molar refractivity (Wildman–Crippen MR) is 190 cm³/mol. The van der Waals surface area contributed by atoms with Crippen molar-refractivity contribution in [2.24, 2.45) is 0 Å². The molecule has 1 rings (SSSR count). The molecule has 0 saturated heterocycles. The van der Waals surface area contributed by atoms with Gasteiger partial charge in [-0.1, -0.05) is 150 Å². The molecule has 238 valence electrons. The Morgan fingerprint density at radius 3 is 1.21 bits per heavy atom. The minimum Gasteiger partial charge on any atom is -0.371 e. The minimum absolute atomic E-state index is 0.00835. The molecule has 0 radical (unpaired) electrons. The summed E-state index contributed by atoms with van der Waals surface area (Å²) in [7, 11) is 0. The lowest BCUT2D eigenvalue weighted by atomic mass is 9.87. The summed E-state index contributed by atoms with van der Waals surface area (Å²) < 4.78 is 6.37. The Morgan fingerprint density at radius 2 is 0.857 bits per heavy atom. The molecule has 0 fully saturated rings. The van der Waals surface area contributed by atoms with Crippen molar-refractivity contribution in [3.8, 4) is 0 Å². The first kappa shape index (κ1) is 38.2. The third-order valence-corrected chi connectivity index (χ3v) is 8.07. The molecule has 1 heterocycles. The van der Waals surface area contributed by atoms with Crippen molar-refractivity contribution in [1.82, 2.24) is 0 Å². The molecule has 0 bridgehead atoms. The summed E-state index contributed by atoms with van der Waals surface area (Å²) >= 11 is 0. The second kappa shape index (κ2) is 30.6. The van der Waals surface area contributed by atoms with Gasteiger partial charge in [-0.2, -0.15) is 0 Å². The first-order chi connectivity index (χ1) is 20.8. The summed E-state index contributed by atoms with van der Waals surface area (Å²) in [6.45, 7) is 5.42. The number of ether oxygens (including phenoxy) is 1. The fourth-order valence-electron chi connectivity index (χ4n) is 5.42. The molecule has 0 atom stereocenters. The van der Waals surface area contributed by atoms with Gasteiger partial charge >= 0.3 is 0 Å². The van der Waals surface area contributed by atoms with E-state index in [9.17, 15) is 0 Å². The Hall–Kier alpha value is -1.86. The van der Waals surface area contributed by atoms with Crippen LogP contribution < -0.4 is 0 Å². The summed E-state index contributed by atoms with van der Waals surface area (Å²) in [5, 5.41) is 0. The lowest BCUT2D eigenvalue weighted by molar-refractivity contribution is -0.0292. The third kappa shape index (κ3) is 24.7. The Balaban J connectivity index is 2.07. The molecular formula is C41H68O. The molecule has 0 N–H and O–H groups in total. The molecule has 1 aliphatic rings. The third-order valence-electron chi connectivity index (χ3n) is 8.07. The molecular weight excluding hydrogens is 508 g/mol. The average Bonchev–Trinajstić information content (AvgIpc) is 3.01. The highest BCUT2D eigenvalue weighted by molar-refractivity contribution is 5.05. The summed E-state index contributed by atoms with van der Waals surface area (Å²) in [5.41, 5.74) is 0.00835. The van der Waals surface area contributed by atoms with Gasteiger partial charge in [0.25, 0.3) is 0 Å². The van der Waals surface area contributed by atoms with E-state index in [1.54, 1.807) is 0 Å². The summed E-state index contributed by atoms with van der Waals surface area (Å²) in [5.74, 6) is 0. The number of hydrogen-bond donors (Lipinski definition) is 0. The van der Waals surface area contributed by atoms with E-state index in [2.05, 4.69) is 98.9 Å². The largest absolute Gasteiger partial charge is 0.371 e. The van der Waals surface area contributed by atoms with Crippen molar-refractivity contribution in [3.05, 3.63) is 85.1 Å². The van der Waals surface area contributed by atoms with Gasteiger partial charge in [0.15, 0.2) is 0 Å². The van der Waals surface area contributed by atoms with Crippen molar-refractivity contribution < 1.29 is 4.74 Å². The first-order valence-corrected chi connectivity index (χ1v) is 18.0. The van der Waals surface area contributed by atoms with Crippen LogP contribution in [0.5, 0.6) is 0 Å². The number of allylic oxidation sites excluding steroid dienone is 12. The van der Waals surface area contributed by atoms with Crippen LogP contribution in [-0.2, 0) is 4.74 Å². The number of hydrogen-bond acceptors (Lipinski definition) is 1. The lowest BCUT2D eigenvalue weighted by Gasteiger charge is -2.34. The molecule has 0 unspecified atom stereocenters. The molecule has 0 spiro atoms. The molecule has 1 nitrogen and oxygen atoms in total. The van der Waals surface area contributed by atoms with Crippen molar-refractivity contribution >= 4 is 0 Å². The van der Waals surface area contributed by atoms with E-state index in [4.69, 9.17) is 4.74 Å². The van der Waals surface area contributed by atoms with Gasteiger partial charge in [0, 0.05) is 0 Å². The molecule has 0 aromatic carbocycles. The Kier molecular flexibility index (Phi) is 27.8. The van der Waals surface area contributed by atoms with Crippen LogP contribution in [-0.4, -0.2) is 12.2 Å². The topological polar surface area (TPSA) is 9.23 Å². The maximum Gasteiger partial charge on any atom is 0.0862 e. The van der Waals surface area contributed by atoms with Gasteiger partial charge in [-0.05, 0) is 96.3 Å². The van der Waals surface area contributed by atoms with Crippen LogP contribution in [0.15, 0.2) is 85.1 Å². The van der Waals surface area contributed by atoms with Crippen LogP contribution >= 0.6 is 0 Å². The zero-order valence-electron chi connectivity index (χ0n) is 28.0. The highest BCUT2D eigenvalue weighted by atomic mass is 16.5. The van der Waals surface area contributed by atoms with E-state index in [0.717, 1.165) is 38.7 Å². The van der Waals surface area contributed by atoms with E-state index < -0.39 is 0 Å². The van der Waals surface area contributed by atoms with Crippen molar-refractivity contribution in [2.75, 3.05) is 6.61 Å². The van der Waals surface area contributed by atoms with Gasteiger partial charge < -0.3 is 4.74 Å². The number of rotatable bonds is 28. The molecule has 0 aromatic heterocycles. The fraction of sp³-hybridized carbons (Fsp3) is 0.659. The minimum atomic E-state index is 0.00835. The van der Waals surface area contributed by atoms with Gasteiger partial charge in [-0.3, -0.25) is 0 Å². The van der Waals surface area contributed by atoms with Gasteiger partial charge in [-0.15, -0.1) is 0 Å². The standard InChI is InChI=1S/C41H68O/c1-3-5-7-9-11-13-15-17-19-21-23-25-27-29-31-33-37-41(39-35-36-40-42-41)38-34-32-30-28-26-24-22-20-18-16-14-12-10-8-6-4-2/h11-14,17-20,23-26,35,39H,3-10,15-16,21-22,27-34,36-38,40H2,1-2H3/b13-11-,14-12-,19-17-,20-18-,25-23-,26-24-. The molecule has 1 heteroatoms. The zero-order valence-corrected chi connectivity index (χ0v) is 28.0. The van der Waals surface area contributed by atoms with E-state index in [0.29, 0.717) is 0 Å². The molecule has 1 aliphatic heterocycles. The van der Waals surface area contributed by atoms with Gasteiger partial charge in [0.05, 0.1) is 12.2 Å². The highest BCUT2D eigenvalue weighted by Crippen LogP contribution is 2.31. The average molecular weight is 577 g/mol. The van der Waals surface area contributed by atoms with Gasteiger partial charge in [0.2, 0.25) is 0 Å². The van der Waals surface area contributed by atoms with Crippen LogP contribution in [0.4, 0.5) is 0 Å². The van der Waals surface area contributed by atoms with Crippen molar-refractivity contribution in [1.29, 1.82) is 0 Å². The second-order valence-corrected chi connectivity index (χ2v) is 12.1. The molecule has 42 heavy (non-hydrogen) atoms. The lowest BCUT2D eigenvalue weighted by Crippen LogP contribution is -2.33. The molecule has 0 amide bonds. The van der Waals surface area contributed by atoms with Crippen LogP contribution in [0.25, 0.3) is 0 Å². The summed E-state index contributed by atoms with van der Waals surface area (Å²) in [4.78, 5) is 0. The summed E-state index contributed by atoms with van der Waals surface area (Å²) in [6, 6.07) is 0. The number of unbranched alkanes of at least 4 members (excludes halogenated alkanes) is 12. The smallest absolute Gasteiger partial charge is 0.0862 e. The van der Waals surface area contributed by atoms with Crippen LogP contribution in [0.3, 0.4) is 0 Å². The SMILES string of the molecule is CCCCC/C=C\C/C=C\C/C=C\CCCCCC1(CCCCC/C=C\C/C=C\C/C=C\CCCCC)C=CCCO1. The zero-order chi connectivity index (χ0) is 30.1. The van der Waals surface area contributed by atoms with E-state index in [1.807, 2.05) is 0 Å². The Morgan fingerprint density at radius 1 is 0.476 bits per heavy atom. The molecule has 0 aliphatic carbocycles. The summed E-state index contributed by atoms with van der Waals surface area (Å²) in [6.07, 6.45) is 60.9. The normalized spacial score (nSPS) is 15.8. The molecule has 0 aromatic rings. The van der Waals surface area contributed by atoms with Gasteiger partial charge in [-0.25, -0.2) is 0 Å². The van der Waals surface area contributed by atoms with Crippen LogP contribution in [0.1, 0.15) is 162 Å². The van der Waals surface area contributed by atoms with Crippen molar-refractivity contribution in [2.45, 2.75) is 167 Å². The van der Waals surface area contributed by atoms with E-state index in [1.165, 1.54) is 116 Å². The quantitative estimate of drug-likeness (QED) is 0.0665. The highest BCUT2D eigenvalue weighted by Gasteiger charge is 2.28. The van der Waals surface area contributed by atoms with E-state index >= 15 is 0 Å². The maximum absolute atomic E-state index is 6.37. The monoisotopic (exact) mass is 577 g/mol. The van der Waals surface area contributed by atoms with Crippen LogP contribution in [0.2, 0.25) is 0 Å². The Labute approximate surface area is 263 Å². The second-order valence-electron chi connectivity index (χ2n) is 12.1.